The molecule has 0 saturated carbocycles. The van der Waals surface area contributed by atoms with Gasteiger partial charge in [0.25, 0.3) is 0 Å². The first-order valence-corrected chi connectivity index (χ1v) is 6.65. The molecular formula is C11H13F3N2OS2. The van der Waals surface area contributed by atoms with Crippen molar-refractivity contribution in [1.29, 1.82) is 0 Å². The first-order valence-electron chi connectivity index (χ1n) is 5.26. The zero-order valence-electron chi connectivity index (χ0n) is 10.1. The van der Waals surface area contributed by atoms with E-state index in [1.807, 2.05) is 0 Å². The summed E-state index contributed by atoms with van der Waals surface area (Å²) < 4.78 is 41.0. The number of nitrogens with two attached hydrogens (primary N) is 1. The number of rotatable bonds is 6. The van der Waals surface area contributed by atoms with Gasteiger partial charge in [-0.2, -0.15) is 13.2 Å². The van der Waals surface area contributed by atoms with Crippen LogP contribution in [0.3, 0.4) is 0 Å². The fourth-order valence-corrected chi connectivity index (χ4v) is 1.98. The normalized spacial score (nSPS) is 11.2. The van der Waals surface area contributed by atoms with Crippen LogP contribution in [0.1, 0.15) is 5.56 Å². The summed E-state index contributed by atoms with van der Waals surface area (Å²) in [7, 11) is 1.50. The summed E-state index contributed by atoms with van der Waals surface area (Å²) in [6, 6.07) is 5.00. The van der Waals surface area contributed by atoms with Gasteiger partial charge in [0.1, 0.15) is 10.7 Å². The van der Waals surface area contributed by atoms with Crippen LogP contribution >= 0.6 is 24.0 Å². The smallest absolute Gasteiger partial charge is 0.441 e. The Morgan fingerprint density at radius 1 is 1.47 bits per heavy atom. The number of benzene rings is 1. The second-order valence-electron chi connectivity index (χ2n) is 3.50. The van der Waals surface area contributed by atoms with Crippen LogP contribution in [0.2, 0.25) is 0 Å². The molecule has 0 radical (unpaired) electrons. The van der Waals surface area contributed by atoms with E-state index in [-0.39, 0.29) is 29.0 Å². The molecule has 3 N–H and O–H groups in total. The third kappa shape index (κ3) is 5.56. The molecule has 0 aliphatic rings. The fraction of sp³-hybridized carbons (Fsp3) is 0.364. The van der Waals surface area contributed by atoms with E-state index in [1.165, 1.54) is 7.11 Å². The lowest BCUT2D eigenvalue weighted by Crippen LogP contribution is -2.15. The van der Waals surface area contributed by atoms with Crippen LogP contribution in [0.25, 0.3) is 0 Å². The molecule has 8 heteroatoms. The number of methoxy groups -OCH3 is 1. The van der Waals surface area contributed by atoms with Gasteiger partial charge in [-0.1, -0.05) is 12.2 Å². The molecule has 1 aromatic carbocycles. The average molecular weight is 310 g/mol. The highest BCUT2D eigenvalue weighted by atomic mass is 32.2. The van der Waals surface area contributed by atoms with Crippen LogP contribution in [-0.2, 0) is 0 Å². The van der Waals surface area contributed by atoms with Gasteiger partial charge in [0.15, 0.2) is 0 Å². The van der Waals surface area contributed by atoms with E-state index in [2.05, 4.69) is 5.32 Å². The summed E-state index contributed by atoms with van der Waals surface area (Å²) in [6.45, 7) is 0.146. The van der Waals surface area contributed by atoms with Gasteiger partial charge >= 0.3 is 5.51 Å². The van der Waals surface area contributed by atoms with Crippen molar-refractivity contribution in [1.82, 2.24) is 0 Å². The molecule has 0 saturated heterocycles. The van der Waals surface area contributed by atoms with Gasteiger partial charge in [0, 0.05) is 29.6 Å². The summed E-state index contributed by atoms with van der Waals surface area (Å²) in [6.07, 6.45) is 0. The topological polar surface area (TPSA) is 47.3 Å². The van der Waals surface area contributed by atoms with Gasteiger partial charge in [-0.3, -0.25) is 0 Å². The Kier molecular flexibility index (Phi) is 5.74. The number of hydrogen-bond acceptors (Lipinski definition) is 4. The monoisotopic (exact) mass is 310 g/mol. The number of thiocarbonyl (C=S) groups is 1. The highest BCUT2D eigenvalue weighted by Gasteiger charge is 2.27. The largest absolute Gasteiger partial charge is 0.497 e. The van der Waals surface area contributed by atoms with Crippen LogP contribution in [0, 0.1) is 0 Å². The minimum atomic E-state index is -4.22. The Morgan fingerprint density at radius 2 is 2.16 bits per heavy atom. The quantitative estimate of drug-likeness (QED) is 0.625. The molecule has 0 atom stereocenters. The summed E-state index contributed by atoms with van der Waals surface area (Å²) in [4.78, 5) is 0.175. The molecule has 19 heavy (non-hydrogen) atoms. The predicted molar refractivity (Wildman–Crippen MR) is 75.9 cm³/mol. The molecule has 106 valence electrons. The SMILES string of the molecule is COc1ccc(C(N)=S)c(NCCSC(F)(F)F)c1. The maximum atomic E-state index is 12.0. The molecule has 3 nitrogen and oxygen atoms in total. The van der Waals surface area contributed by atoms with E-state index < -0.39 is 5.51 Å². The second-order valence-corrected chi connectivity index (χ2v) is 5.10. The van der Waals surface area contributed by atoms with Crippen LogP contribution in [0.5, 0.6) is 5.75 Å². The third-order valence-corrected chi connectivity index (χ3v) is 3.13. The van der Waals surface area contributed by atoms with Crippen molar-refractivity contribution < 1.29 is 17.9 Å². The standard InChI is InChI=1S/C11H13F3N2OS2/c1-17-7-2-3-8(10(15)18)9(6-7)16-4-5-19-11(12,13)14/h2-3,6,16H,4-5H2,1H3,(H2,15,18). The molecule has 0 aliphatic heterocycles. The van der Waals surface area contributed by atoms with Gasteiger partial charge in [-0.05, 0) is 23.9 Å². The molecule has 1 rings (SSSR count). The van der Waals surface area contributed by atoms with Crippen molar-refractivity contribution >= 4 is 34.7 Å². The third-order valence-electron chi connectivity index (χ3n) is 2.18. The average Bonchev–Trinajstić information content (AvgIpc) is 2.33. The molecule has 1 aromatic rings. The Morgan fingerprint density at radius 3 is 2.68 bits per heavy atom. The zero-order valence-corrected chi connectivity index (χ0v) is 11.7. The van der Waals surface area contributed by atoms with Gasteiger partial charge in [-0.25, -0.2) is 0 Å². The van der Waals surface area contributed by atoms with E-state index in [4.69, 9.17) is 22.7 Å². The summed E-state index contributed by atoms with van der Waals surface area (Å²) >= 11 is 4.80. The fourth-order valence-electron chi connectivity index (χ4n) is 1.36. The summed E-state index contributed by atoms with van der Waals surface area (Å²) in [5.74, 6) is 0.475. The Labute approximate surface area is 118 Å². The maximum Gasteiger partial charge on any atom is 0.441 e. The van der Waals surface area contributed by atoms with Gasteiger partial charge in [0.05, 0.1) is 7.11 Å². The Balaban J connectivity index is 2.67. The summed E-state index contributed by atoms with van der Waals surface area (Å²) in [5, 5.41) is 2.87. The lowest BCUT2D eigenvalue weighted by molar-refractivity contribution is -0.0327. The Bertz CT molecular complexity index is 452. The van der Waals surface area contributed by atoms with E-state index in [0.717, 1.165) is 0 Å². The maximum absolute atomic E-state index is 12.0. The molecule has 0 fully saturated rings. The minimum absolute atomic E-state index is 0.0808. The molecule has 0 bridgehead atoms. The number of thioether (sulfide) groups is 1. The van der Waals surface area contributed by atoms with Crippen molar-refractivity contribution in [3.63, 3.8) is 0 Å². The molecule has 0 heterocycles. The zero-order chi connectivity index (χ0) is 14.5. The number of nitrogens with one attached hydrogen (secondary N) is 1. The number of alkyl halides is 3. The molecule has 0 aromatic heterocycles. The lowest BCUT2D eigenvalue weighted by Gasteiger charge is -2.13. The van der Waals surface area contributed by atoms with E-state index in [1.54, 1.807) is 18.2 Å². The minimum Gasteiger partial charge on any atom is -0.497 e. The molecule has 0 amide bonds. The molecule has 0 aliphatic carbocycles. The van der Waals surface area contributed by atoms with Crippen molar-refractivity contribution in [3.8, 4) is 5.75 Å². The van der Waals surface area contributed by atoms with Crippen molar-refractivity contribution in [2.75, 3.05) is 24.7 Å². The van der Waals surface area contributed by atoms with Crippen LogP contribution < -0.4 is 15.8 Å². The molecule has 0 spiro atoms. The van der Waals surface area contributed by atoms with Crippen molar-refractivity contribution in [2.45, 2.75) is 5.51 Å². The lowest BCUT2D eigenvalue weighted by atomic mass is 10.1. The van der Waals surface area contributed by atoms with Crippen LogP contribution in [0.15, 0.2) is 18.2 Å². The van der Waals surface area contributed by atoms with Crippen LogP contribution in [0.4, 0.5) is 18.9 Å². The van der Waals surface area contributed by atoms with Crippen LogP contribution in [-0.4, -0.2) is 29.9 Å². The second kappa shape index (κ2) is 6.85. The summed E-state index contributed by atoms with van der Waals surface area (Å²) in [5.41, 5.74) is 2.47. The van der Waals surface area contributed by atoms with E-state index in [9.17, 15) is 13.2 Å². The predicted octanol–water partition coefficient (Wildman–Crippen LogP) is 2.99. The molecular weight excluding hydrogens is 297 g/mol. The highest BCUT2D eigenvalue weighted by molar-refractivity contribution is 8.00. The van der Waals surface area contributed by atoms with E-state index >= 15 is 0 Å². The number of anilines is 1. The number of hydrogen-bond donors (Lipinski definition) is 2. The van der Waals surface area contributed by atoms with Gasteiger partial charge in [-0.15, -0.1) is 0 Å². The Hall–Kier alpha value is -1.15. The van der Waals surface area contributed by atoms with Crippen molar-refractivity contribution in [2.24, 2.45) is 5.73 Å². The number of ether oxygens (including phenoxy) is 1. The van der Waals surface area contributed by atoms with Gasteiger partial charge in [0.2, 0.25) is 0 Å². The van der Waals surface area contributed by atoms with E-state index in [0.29, 0.717) is 17.0 Å². The van der Waals surface area contributed by atoms with Gasteiger partial charge < -0.3 is 15.8 Å². The van der Waals surface area contributed by atoms with Crippen molar-refractivity contribution in [3.05, 3.63) is 23.8 Å². The highest BCUT2D eigenvalue weighted by Crippen LogP contribution is 2.30. The number of halogens is 3. The first-order chi connectivity index (χ1) is 8.83. The molecule has 0 unspecified atom stereocenters. The first kappa shape index (κ1) is 15.9.